The highest BCUT2D eigenvalue weighted by molar-refractivity contribution is 5.95. The van der Waals surface area contributed by atoms with Crippen LogP contribution in [-0.2, 0) is 0 Å². The normalized spacial score (nSPS) is 17.1. The monoisotopic (exact) mass is 473 g/mol. The van der Waals surface area contributed by atoms with Crippen LogP contribution in [0.4, 0.5) is 18.9 Å². The molecule has 6 nitrogen and oxygen atoms in total. The number of hydrogen-bond donors (Lipinski definition) is 1. The third-order valence-electron chi connectivity index (χ3n) is 6.91. The smallest absolute Gasteiger partial charge is 0.341 e. The molecule has 2 heterocycles. The van der Waals surface area contributed by atoms with Crippen molar-refractivity contribution in [2.24, 2.45) is 5.92 Å². The molecule has 0 aliphatic carbocycles. The molecule has 2 aromatic carbocycles. The summed E-state index contributed by atoms with van der Waals surface area (Å²) in [5.74, 6) is -3.57. The van der Waals surface area contributed by atoms with Crippen molar-refractivity contribution in [3.05, 3.63) is 69.3 Å². The number of carboxylic acids is 1. The van der Waals surface area contributed by atoms with Crippen LogP contribution in [0.5, 0.6) is 0 Å². The fraction of sp³-hybridized carbons (Fsp3) is 0.360. The van der Waals surface area contributed by atoms with Crippen molar-refractivity contribution in [3.8, 4) is 5.69 Å². The van der Waals surface area contributed by atoms with Crippen LogP contribution < -0.4 is 10.3 Å². The molecule has 1 aromatic heterocycles. The first-order valence-electron chi connectivity index (χ1n) is 11.0. The van der Waals surface area contributed by atoms with Gasteiger partial charge in [0.05, 0.1) is 22.3 Å². The third-order valence-corrected chi connectivity index (χ3v) is 6.91. The molecule has 0 bridgehead atoms. The summed E-state index contributed by atoms with van der Waals surface area (Å²) in [7, 11) is 3.98. The molecule has 34 heavy (non-hydrogen) atoms. The molecule has 1 saturated heterocycles. The molecule has 3 aromatic rings. The van der Waals surface area contributed by atoms with Crippen molar-refractivity contribution < 1.29 is 23.1 Å². The molecular weight excluding hydrogens is 447 g/mol. The van der Waals surface area contributed by atoms with Crippen LogP contribution in [0.2, 0.25) is 0 Å². The van der Waals surface area contributed by atoms with Gasteiger partial charge in [0.25, 0.3) is 0 Å². The standard InChI is InChI=1S/C25H26F3N3O3/c1-13-22-20(10-21(23(13)28)30-8-7-15(11-30)14(2)29(3)4)31(12-17(24(22)32)25(33)34)19-6-5-16(26)9-18(19)27/h5-6,9-10,12,14-15H,7-8,11H2,1-4H3,(H,33,34)/t14-,15+/m0/s1. The van der Waals surface area contributed by atoms with Crippen molar-refractivity contribution >= 4 is 22.6 Å². The Bertz CT molecular complexity index is 1350. The average Bonchev–Trinajstić information content (AvgIpc) is 3.25. The van der Waals surface area contributed by atoms with Gasteiger partial charge in [-0.15, -0.1) is 0 Å². The number of rotatable bonds is 5. The predicted octanol–water partition coefficient (Wildman–Crippen LogP) is 4.19. The highest BCUT2D eigenvalue weighted by Gasteiger charge is 2.31. The number of aryl methyl sites for hydroxylation is 1. The maximum atomic E-state index is 15.6. The Hall–Kier alpha value is -3.33. The number of aromatic carboxylic acids is 1. The van der Waals surface area contributed by atoms with E-state index in [4.69, 9.17) is 0 Å². The number of carbonyl (C=O) groups is 1. The number of pyridine rings is 1. The minimum absolute atomic E-state index is 0.0130. The number of fused-ring (bicyclic) bond motifs is 1. The highest BCUT2D eigenvalue weighted by atomic mass is 19.1. The first-order valence-corrected chi connectivity index (χ1v) is 11.0. The van der Waals surface area contributed by atoms with Gasteiger partial charge < -0.3 is 19.5 Å². The Morgan fingerprint density at radius 1 is 1.18 bits per heavy atom. The van der Waals surface area contributed by atoms with Crippen LogP contribution >= 0.6 is 0 Å². The van der Waals surface area contributed by atoms with Gasteiger partial charge in [0, 0.05) is 37.0 Å². The quantitative estimate of drug-likeness (QED) is 0.602. The Labute approximate surface area is 194 Å². The van der Waals surface area contributed by atoms with E-state index in [-0.39, 0.29) is 33.9 Å². The van der Waals surface area contributed by atoms with Gasteiger partial charge >= 0.3 is 5.97 Å². The second kappa shape index (κ2) is 8.79. The Morgan fingerprint density at radius 3 is 2.50 bits per heavy atom. The molecule has 0 unspecified atom stereocenters. The Morgan fingerprint density at radius 2 is 1.88 bits per heavy atom. The summed E-state index contributed by atoms with van der Waals surface area (Å²) in [6.45, 7) is 4.73. The van der Waals surface area contributed by atoms with Gasteiger partial charge in [-0.1, -0.05) is 0 Å². The minimum Gasteiger partial charge on any atom is -0.477 e. The van der Waals surface area contributed by atoms with E-state index in [1.54, 1.807) is 0 Å². The SMILES string of the molecule is Cc1c(F)c(N2CC[C@@H]([C@H](C)N(C)C)C2)cc2c1c(=O)c(C(=O)O)cn2-c1ccc(F)cc1F. The fourth-order valence-corrected chi connectivity index (χ4v) is 4.71. The summed E-state index contributed by atoms with van der Waals surface area (Å²) < 4.78 is 45.0. The predicted molar refractivity (Wildman–Crippen MR) is 125 cm³/mol. The molecular formula is C25H26F3N3O3. The van der Waals surface area contributed by atoms with E-state index in [1.807, 2.05) is 19.0 Å². The molecule has 1 fully saturated rings. The van der Waals surface area contributed by atoms with Crippen LogP contribution in [0.3, 0.4) is 0 Å². The first kappa shape index (κ1) is 23.8. The van der Waals surface area contributed by atoms with E-state index in [1.165, 1.54) is 17.6 Å². The molecule has 4 rings (SSSR count). The van der Waals surface area contributed by atoms with Crippen molar-refractivity contribution in [1.29, 1.82) is 0 Å². The largest absolute Gasteiger partial charge is 0.477 e. The Balaban J connectivity index is 1.97. The fourth-order valence-electron chi connectivity index (χ4n) is 4.71. The third kappa shape index (κ3) is 3.94. The molecule has 1 N–H and O–H groups in total. The van der Waals surface area contributed by atoms with Crippen LogP contribution in [0.25, 0.3) is 16.6 Å². The van der Waals surface area contributed by atoms with Gasteiger partial charge in [0.1, 0.15) is 23.0 Å². The van der Waals surface area contributed by atoms with Crippen LogP contribution in [0.1, 0.15) is 29.3 Å². The number of aromatic nitrogens is 1. The highest BCUT2D eigenvalue weighted by Crippen LogP contribution is 2.34. The second-order valence-electron chi connectivity index (χ2n) is 9.07. The van der Waals surface area contributed by atoms with Crippen LogP contribution in [0, 0.1) is 30.3 Å². The summed E-state index contributed by atoms with van der Waals surface area (Å²) in [6.07, 6.45) is 1.86. The molecule has 1 aliphatic rings. The van der Waals surface area contributed by atoms with Crippen molar-refractivity contribution in [2.75, 3.05) is 32.1 Å². The van der Waals surface area contributed by atoms with Crippen molar-refractivity contribution in [2.45, 2.75) is 26.3 Å². The lowest BCUT2D eigenvalue weighted by Crippen LogP contribution is -2.34. The zero-order valence-corrected chi connectivity index (χ0v) is 19.4. The van der Waals surface area contributed by atoms with E-state index in [9.17, 15) is 23.5 Å². The van der Waals surface area contributed by atoms with Gasteiger partial charge in [0.15, 0.2) is 0 Å². The first-order chi connectivity index (χ1) is 16.0. The molecule has 9 heteroatoms. The van der Waals surface area contributed by atoms with Crippen molar-refractivity contribution in [1.82, 2.24) is 9.47 Å². The van der Waals surface area contributed by atoms with Gasteiger partial charge in [-0.25, -0.2) is 18.0 Å². The Kier molecular flexibility index (Phi) is 6.16. The van der Waals surface area contributed by atoms with E-state index in [0.717, 1.165) is 24.8 Å². The molecule has 1 aliphatic heterocycles. The summed E-state index contributed by atoms with van der Waals surface area (Å²) in [4.78, 5) is 28.7. The van der Waals surface area contributed by atoms with E-state index >= 15 is 4.39 Å². The van der Waals surface area contributed by atoms with Gasteiger partial charge in [-0.05, 0) is 58.5 Å². The topological polar surface area (TPSA) is 65.8 Å². The van der Waals surface area contributed by atoms with Crippen molar-refractivity contribution in [3.63, 3.8) is 0 Å². The zero-order valence-electron chi connectivity index (χ0n) is 19.4. The van der Waals surface area contributed by atoms with Gasteiger partial charge in [-0.2, -0.15) is 0 Å². The molecule has 0 saturated carbocycles. The average molecular weight is 473 g/mol. The van der Waals surface area contributed by atoms with E-state index < -0.39 is 34.4 Å². The molecule has 0 spiro atoms. The summed E-state index contributed by atoms with van der Waals surface area (Å²) >= 11 is 0. The van der Waals surface area contributed by atoms with E-state index in [0.29, 0.717) is 25.1 Å². The maximum Gasteiger partial charge on any atom is 0.341 e. The number of carboxylic acid groups (broad SMARTS) is 1. The lowest BCUT2D eigenvalue weighted by atomic mass is 10.00. The molecule has 0 radical (unpaired) electrons. The second-order valence-corrected chi connectivity index (χ2v) is 9.07. The lowest BCUT2D eigenvalue weighted by molar-refractivity contribution is 0.0695. The summed E-state index contributed by atoms with van der Waals surface area (Å²) in [5.41, 5.74) is -1.24. The van der Waals surface area contributed by atoms with Gasteiger partial charge in [-0.3, -0.25) is 4.79 Å². The van der Waals surface area contributed by atoms with E-state index in [2.05, 4.69) is 11.8 Å². The van der Waals surface area contributed by atoms with Crippen LogP contribution in [-0.4, -0.2) is 53.8 Å². The number of anilines is 1. The summed E-state index contributed by atoms with van der Waals surface area (Å²) in [5, 5.41) is 9.40. The molecule has 0 amide bonds. The van der Waals surface area contributed by atoms with Crippen LogP contribution in [0.15, 0.2) is 35.3 Å². The summed E-state index contributed by atoms with van der Waals surface area (Å²) in [6, 6.07) is 4.59. The zero-order chi connectivity index (χ0) is 24.9. The number of halogens is 3. The molecule has 2 atom stereocenters. The number of nitrogens with zero attached hydrogens (tertiary/aromatic N) is 3. The number of benzene rings is 2. The lowest BCUT2D eigenvalue weighted by Gasteiger charge is -2.27. The minimum atomic E-state index is -1.52. The molecule has 180 valence electrons. The maximum absolute atomic E-state index is 15.6. The number of hydrogen-bond acceptors (Lipinski definition) is 4. The van der Waals surface area contributed by atoms with Gasteiger partial charge in [0.2, 0.25) is 5.43 Å².